The number of esters is 1. The Balaban J connectivity index is 1.66. The molecule has 1 aliphatic heterocycles. The zero-order valence-corrected chi connectivity index (χ0v) is 12.5. The second-order valence-corrected chi connectivity index (χ2v) is 7.24. The highest BCUT2D eigenvalue weighted by molar-refractivity contribution is 5.89. The first-order valence-corrected chi connectivity index (χ1v) is 7.97. The summed E-state index contributed by atoms with van der Waals surface area (Å²) in [7, 11) is 1.32. The molecule has 1 spiro atoms. The normalized spacial score (nSPS) is 50.6. The van der Waals surface area contributed by atoms with Gasteiger partial charge in [-0.2, -0.15) is 0 Å². The molecule has 5 rings (SSSR count). The molecule has 2 atom stereocenters. The molecule has 1 heterocycles. The minimum atomic E-state index is -0.898. The Labute approximate surface area is 124 Å². The second-order valence-electron chi connectivity index (χ2n) is 7.24. The van der Waals surface area contributed by atoms with Crippen molar-refractivity contribution in [3.05, 3.63) is 0 Å². The van der Waals surface area contributed by atoms with Crippen LogP contribution < -0.4 is 0 Å². The van der Waals surface area contributed by atoms with Crippen molar-refractivity contribution in [1.29, 1.82) is 0 Å². The third-order valence-corrected chi connectivity index (χ3v) is 6.01. The fourth-order valence-corrected chi connectivity index (χ4v) is 5.36. The van der Waals surface area contributed by atoms with E-state index in [1.54, 1.807) is 0 Å². The van der Waals surface area contributed by atoms with E-state index in [2.05, 4.69) is 0 Å². The van der Waals surface area contributed by atoms with E-state index in [0.717, 1.165) is 37.5 Å². The van der Waals surface area contributed by atoms with E-state index in [1.807, 2.05) is 0 Å². The van der Waals surface area contributed by atoms with Gasteiger partial charge in [0, 0.05) is 11.8 Å². The van der Waals surface area contributed by atoms with Crippen molar-refractivity contribution in [3.63, 3.8) is 0 Å². The number of Topliss-reactive ketones (excluding diaryl/α,β-unsaturated/α-hetero) is 1. The highest BCUT2D eigenvalue weighted by Crippen LogP contribution is 2.62. The van der Waals surface area contributed by atoms with Crippen LogP contribution in [-0.2, 0) is 23.8 Å². The van der Waals surface area contributed by atoms with E-state index >= 15 is 0 Å². The van der Waals surface area contributed by atoms with Gasteiger partial charge in [-0.25, -0.2) is 4.79 Å². The van der Waals surface area contributed by atoms with E-state index < -0.39 is 24.0 Å². The predicted octanol–water partition coefficient (Wildman–Crippen LogP) is 1.68. The molecule has 5 heteroatoms. The van der Waals surface area contributed by atoms with Gasteiger partial charge in [0.25, 0.3) is 0 Å². The molecule has 4 saturated carbocycles. The smallest absolute Gasteiger partial charge is 0.338 e. The monoisotopic (exact) mass is 294 g/mol. The number of carbonyl (C=O) groups is 2. The zero-order valence-electron chi connectivity index (χ0n) is 12.5. The van der Waals surface area contributed by atoms with Gasteiger partial charge in [0.05, 0.1) is 7.11 Å². The maximum Gasteiger partial charge on any atom is 0.338 e. The van der Waals surface area contributed by atoms with Crippen LogP contribution in [0.2, 0.25) is 0 Å². The molecule has 0 aromatic rings. The Hall–Kier alpha value is -0.940. The molecule has 116 valence electrons. The highest BCUT2D eigenvalue weighted by Gasteiger charge is 2.65. The molecule has 1 saturated heterocycles. The molecule has 4 aliphatic carbocycles. The fourth-order valence-electron chi connectivity index (χ4n) is 5.36. The van der Waals surface area contributed by atoms with Crippen molar-refractivity contribution >= 4 is 11.8 Å². The Morgan fingerprint density at radius 2 is 1.48 bits per heavy atom. The lowest BCUT2D eigenvalue weighted by molar-refractivity contribution is -0.297. The summed E-state index contributed by atoms with van der Waals surface area (Å²) in [6.45, 7) is 1.46. The average molecular weight is 294 g/mol. The summed E-state index contributed by atoms with van der Waals surface area (Å²) in [4.78, 5) is 23.9. The van der Waals surface area contributed by atoms with E-state index in [-0.39, 0.29) is 5.78 Å². The van der Waals surface area contributed by atoms with Crippen molar-refractivity contribution in [2.24, 2.45) is 23.7 Å². The molecule has 5 nitrogen and oxygen atoms in total. The van der Waals surface area contributed by atoms with Crippen molar-refractivity contribution in [2.75, 3.05) is 7.11 Å². The lowest BCUT2D eigenvalue weighted by Gasteiger charge is -2.58. The maximum atomic E-state index is 12.0. The van der Waals surface area contributed by atoms with Gasteiger partial charge in [-0.05, 0) is 50.9 Å². The van der Waals surface area contributed by atoms with Crippen LogP contribution in [0.1, 0.15) is 39.0 Å². The summed E-state index contributed by atoms with van der Waals surface area (Å²) in [5, 5.41) is 0. The Morgan fingerprint density at radius 1 is 0.952 bits per heavy atom. The molecular formula is C16H22O5. The van der Waals surface area contributed by atoms with Crippen molar-refractivity contribution in [3.8, 4) is 0 Å². The van der Waals surface area contributed by atoms with Gasteiger partial charge in [-0.1, -0.05) is 0 Å². The molecule has 5 aliphatic rings. The standard InChI is InChI=1S/C16H22O5/c1-8(17)13-14(15(18)19-2)21-16(20-13)11-4-9-3-10(6-11)7-12(16)5-9/h9-14H,3-7H2,1-2H3. The summed E-state index contributed by atoms with van der Waals surface area (Å²) < 4.78 is 17.1. The van der Waals surface area contributed by atoms with Gasteiger partial charge in [0.2, 0.25) is 0 Å². The zero-order chi connectivity index (χ0) is 14.8. The molecule has 0 N–H and O–H groups in total. The Morgan fingerprint density at radius 3 is 1.95 bits per heavy atom. The third-order valence-electron chi connectivity index (χ3n) is 6.01. The fraction of sp³-hybridized carbons (Fsp3) is 0.875. The molecular weight excluding hydrogens is 272 g/mol. The number of ketones is 1. The molecule has 0 amide bonds. The summed E-state index contributed by atoms with van der Waals surface area (Å²) in [5.74, 6) is 0.826. The van der Waals surface area contributed by atoms with Gasteiger partial charge >= 0.3 is 5.97 Å². The second kappa shape index (κ2) is 4.53. The predicted molar refractivity (Wildman–Crippen MR) is 72.2 cm³/mol. The largest absolute Gasteiger partial charge is 0.467 e. The number of ether oxygens (including phenoxy) is 3. The molecule has 4 bridgehead atoms. The van der Waals surface area contributed by atoms with Crippen LogP contribution in [0.3, 0.4) is 0 Å². The van der Waals surface area contributed by atoms with Gasteiger partial charge in [-0.15, -0.1) is 0 Å². The van der Waals surface area contributed by atoms with Gasteiger partial charge in [0.1, 0.15) is 0 Å². The van der Waals surface area contributed by atoms with Gasteiger partial charge < -0.3 is 14.2 Å². The van der Waals surface area contributed by atoms with Gasteiger partial charge in [0.15, 0.2) is 23.8 Å². The van der Waals surface area contributed by atoms with Crippen LogP contribution in [0.15, 0.2) is 0 Å². The van der Waals surface area contributed by atoms with E-state index in [1.165, 1.54) is 20.5 Å². The SMILES string of the molecule is COC(=O)C1OC2(OC1C(C)=O)C1CC3CC(C1)CC2C3. The van der Waals surface area contributed by atoms with E-state index in [9.17, 15) is 9.59 Å². The topological polar surface area (TPSA) is 61.8 Å². The maximum absolute atomic E-state index is 12.0. The first kappa shape index (κ1) is 13.7. The van der Waals surface area contributed by atoms with Crippen LogP contribution in [-0.4, -0.2) is 36.9 Å². The number of hydrogen-bond donors (Lipinski definition) is 0. The number of carbonyl (C=O) groups excluding carboxylic acids is 2. The molecule has 2 unspecified atom stereocenters. The Kier molecular flexibility index (Phi) is 2.95. The Bertz CT molecular complexity index is 457. The molecule has 21 heavy (non-hydrogen) atoms. The molecule has 0 radical (unpaired) electrons. The number of hydrogen-bond acceptors (Lipinski definition) is 5. The van der Waals surface area contributed by atoms with Gasteiger partial charge in [-0.3, -0.25) is 4.79 Å². The number of rotatable bonds is 2. The molecule has 0 aromatic carbocycles. The summed E-state index contributed by atoms with van der Waals surface area (Å²) in [6, 6.07) is 0. The minimum Gasteiger partial charge on any atom is -0.467 e. The minimum absolute atomic E-state index is 0.156. The average Bonchev–Trinajstić information content (AvgIpc) is 2.85. The van der Waals surface area contributed by atoms with Crippen molar-refractivity contribution in [1.82, 2.24) is 0 Å². The van der Waals surface area contributed by atoms with Crippen molar-refractivity contribution in [2.45, 2.75) is 57.0 Å². The van der Waals surface area contributed by atoms with Crippen LogP contribution in [0.5, 0.6) is 0 Å². The quantitative estimate of drug-likeness (QED) is 0.725. The van der Waals surface area contributed by atoms with E-state index in [4.69, 9.17) is 14.2 Å². The number of methoxy groups -OCH3 is 1. The first-order chi connectivity index (χ1) is 10.0. The highest BCUT2D eigenvalue weighted by atomic mass is 16.8. The molecule has 0 aromatic heterocycles. The van der Waals surface area contributed by atoms with Crippen LogP contribution in [0, 0.1) is 23.7 Å². The van der Waals surface area contributed by atoms with Crippen LogP contribution in [0.4, 0.5) is 0 Å². The van der Waals surface area contributed by atoms with Crippen molar-refractivity contribution < 1.29 is 23.8 Å². The van der Waals surface area contributed by atoms with E-state index in [0.29, 0.717) is 11.8 Å². The lowest BCUT2D eigenvalue weighted by atomic mass is 9.53. The summed E-state index contributed by atoms with van der Waals surface area (Å²) >= 11 is 0. The molecule has 5 fully saturated rings. The van der Waals surface area contributed by atoms with Crippen LogP contribution >= 0.6 is 0 Å². The summed E-state index contributed by atoms with van der Waals surface area (Å²) in [6.07, 6.45) is 4.04. The lowest BCUT2D eigenvalue weighted by Crippen LogP contribution is -2.58. The third kappa shape index (κ3) is 1.83. The van der Waals surface area contributed by atoms with Crippen LogP contribution in [0.25, 0.3) is 0 Å². The summed E-state index contributed by atoms with van der Waals surface area (Å²) in [5.41, 5.74) is 0. The first-order valence-electron chi connectivity index (χ1n) is 7.97.